The zero-order valence-corrected chi connectivity index (χ0v) is 24.9. The van der Waals surface area contributed by atoms with Gasteiger partial charge in [-0.2, -0.15) is 0 Å². The topological polar surface area (TPSA) is 50.9 Å². The Labute approximate surface area is 265 Å². The Morgan fingerprint density at radius 3 is 1.72 bits per heavy atom. The molecule has 6 aromatic carbocycles. The number of fused-ring (bicyclic) bond motifs is 13. The van der Waals surface area contributed by atoms with Crippen LogP contribution in [0.25, 0.3) is 78.0 Å². The number of H-pyrrole nitrogens is 1. The Hall–Kier alpha value is -6.20. The molecule has 0 aliphatic heterocycles. The van der Waals surface area contributed by atoms with Gasteiger partial charge in [0.1, 0.15) is 5.82 Å². The average molecular weight is 590 g/mol. The molecule has 0 spiro atoms. The van der Waals surface area contributed by atoms with Crippen LogP contribution in [0.3, 0.4) is 0 Å². The Kier molecular flexibility index (Phi) is 5.28. The van der Waals surface area contributed by atoms with Crippen molar-refractivity contribution in [2.24, 2.45) is 0 Å². The molecular weight excluding hydrogens is 562 g/mol. The van der Waals surface area contributed by atoms with Crippen LogP contribution in [-0.2, 0) is 6.42 Å². The van der Waals surface area contributed by atoms with E-state index in [1.165, 1.54) is 44.5 Å². The van der Waals surface area contributed by atoms with Crippen molar-refractivity contribution in [3.8, 4) is 50.2 Å². The molecule has 5 nitrogen and oxygen atoms in total. The molecule has 0 saturated carbocycles. The van der Waals surface area contributed by atoms with E-state index in [0.29, 0.717) is 6.42 Å². The molecule has 0 fully saturated rings. The second-order valence-corrected chi connectivity index (χ2v) is 11.9. The number of benzene rings is 6. The number of imidazole rings is 3. The fourth-order valence-electron chi connectivity index (χ4n) is 7.44. The summed E-state index contributed by atoms with van der Waals surface area (Å²) in [7, 11) is 0. The Balaban J connectivity index is 1.27. The lowest BCUT2D eigenvalue weighted by atomic mass is 9.81. The summed E-state index contributed by atoms with van der Waals surface area (Å²) in [5.74, 6) is 1.83. The number of nitrogens with one attached hydrogen (secondary N) is 1. The van der Waals surface area contributed by atoms with Crippen LogP contribution in [0.1, 0.15) is 11.4 Å². The molecule has 1 N–H and O–H groups in total. The van der Waals surface area contributed by atoms with Crippen molar-refractivity contribution in [2.75, 3.05) is 0 Å². The van der Waals surface area contributed by atoms with Crippen LogP contribution in [0.4, 0.5) is 0 Å². The third-order valence-corrected chi connectivity index (χ3v) is 9.43. The molecule has 0 unspecified atom stereocenters. The third kappa shape index (κ3) is 3.57. The van der Waals surface area contributed by atoms with Crippen LogP contribution in [0.2, 0.25) is 0 Å². The van der Waals surface area contributed by atoms with Gasteiger partial charge in [0.2, 0.25) is 5.78 Å². The Bertz CT molecular complexity index is 2610. The molecule has 0 saturated heterocycles. The highest BCUT2D eigenvalue weighted by atomic mass is 15.2. The maximum absolute atomic E-state index is 5.35. The molecule has 3 heterocycles. The van der Waals surface area contributed by atoms with E-state index in [1.54, 1.807) is 6.20 Å². The Morgan fingerprint density at radius 1 is 0.522 bits per heavy atom. The highest BCUT2D eigenvalue weighted by molar-refractivity contribution is 6.03. The molecule has 9 aromatic rings. The summed E-state index contributed by atoms with van der Waals surface area (Å²) in [6.45, 7) is 0. The molecule has 0 amide bonds. The van der Waals surface area contributed by atoms with E-state index < -0.39 is 0 Å². The van der Waals surface area contributed by atoms with Gasteiger partial charge >= 0.3 is 0 Å². The van der Waals surface area contributed by atoms with E-state index in [-0.39, 0.29) is 0 Å². The average Bonchev–Trinajstić information content (AvgIpc) is 3.84. The molecule has 3 aromatic heterocycles. The Morgan fingerprint density at radius 2 is 1.09 bits per heavy atom. The van der Waals surface area contributed by atoms with Crippen LogP contribution in [-0.4, -0.2) is 23.9 Å². The predicted molar refractivity (Wildman–Crippen MR) is 186 cm³/mol. The van der Waals surface area contributed by atoms with Crippen molar-refractivity contribution >= 4 is 27.8 Å². The normalized spacial score (nSPS) is 12.0. The second kappa shape index (κ2) is 9.65. The van der Waals surface area contributed by atoms with Gasteiger partial charge in [-0.25, -0.2) is 9.97 Å². The minimum absolute atomic E-state index is 0.693. The first kappa shape index (κ1) is 25.2. The van der Waals surface area contributed by atoms with Gasteiger partial charge in [-0.3, -0.25) is 8.97 Å². The van der Waals surface area contributed by atoms with E-state index in [1.807, 2.05) is 6.20 Å². The van der Waals surface area contributed by atoms with E-state index in [2.05, 4.69) is 152 Å². The highest BCUT2D eigenvalue weighted by Gasteiger charge is 2.24. The van der Waals surface area contributed by atoms with Crippen LogP contribution in [0, 0.1) is 0 Å². The van der Waals surface area contributed by atoms with Crippen LogP contribution >= 0.6 is 0 Å². The highest BCUT2D eigenvalue weighted by Crippen LogP contribution is 2.48. The summed E-state index contributed by atoms with van der Waals surface area (Å²) in [5, 5.41) is 0. The number of para-hydroxylation sites is 3. The summed E-state index contributed by atoms with van der Waals surface area (Å²) in [6.07, 6.45) is 4.37. The monoisotopic (exact) mass is 589 g/mol. The molecule has 1 aliphatic carbocycles. The number of rotatable bonds is 3. The third-order valence-electron chi connectivity index (χ3n) is 9.43. The minimum atomic E-state index is 0.693. The van der Waals surface area contributed by atoms with Crippen molar-refractivity contribution in [1.29, 1.82) is 0 Å². The zero-order valence-electron chi connectivity index (χ0n) is 24.9. The standard InChI is InChI=1S/C41H27N5/c1-2-12-29-28(11-1)30-13-3-4-15-32(30)34-21-20-27(25-35(34)33-16-6-5-14-31(29)33)45-36-17-7-8-18-37(36)46-38-19-9-10-26(40(38)44-41(45)46)24-39-42-22-23-43-39/h1-23,25H,24H2,(H,42,43). The fraction of sp³-hybridized carbons (Fsp3) is 0.0244. The molecule has 46 heavy (non-hydrogen) atoms. The van der Waals surface area contributed by atoms with E-state index in [9.17, 15) is 0 Å². The number of hydrogen-bond donors (Lipinski definition) is 1. The lowest BCUT2D eigenvalue weighted by molar-refractivity contribution is 1.03. The molecule has 10 rings (SSSR count). The summed E-state index contributed by atoms with van der Waals surface area (Å²) in [4.78, 5) is 13.1. The summed E-state index contributed by atoms with van der Waals surface area (Å²) < 4.78 is 4.61. The zero-order chi connectivity index (χ0) is 30.2. The molecule has 0 radical (unpaired) electrons. The van der Waals surface area contributed by atoms with Crippen LogP contribution in [0.15, 0.2) is 146 Å². The van der Waals surface area contributed by atoms with Crippen molar-refractivity contribution < 1.29 is 0 Å². The van der Waals surface area contributed by atoms with Crippen LogP contribution < -0.4 is 0 Å². The van der Waals surface area contributed by atoms with Gasteiger partial charge in [0.15, 0.2) is 0 Å². The largest absolute Gasteiger partial charge is 0.348 e. The van der Waals surface area contributed by atoms with Gasteiger partial charge in [-0.1, -0.05) is 103 Å². The number of aromatic amines is 1. The number of nitrogens with zero attached hydrogens (tertiary/aromatic N) is 4. The second-order valence-electron chi connectivity index (χ2n) is 11.9. The quantitative estimate of drug-likeness (QED) is 0.223. The smallest absolute Gasteiger partial charge is 0.220 e. The maximum Gasteiger partial charge on any atom is 0.220 e. The number of aromatic nitrogens is 5. The molecular formula is C41H27N5. The van der Waals surface area contributed by atoms with Crippen molar-refractivity contribution in [1.82, 2.24) is 23.9 Å². The van der Waals surface area contributed by atoms with Gasteiger partial charge in [-0.15, -0.1) is 0 Å². The molecule has 1 aliphatic rings. The lowest BCUT2D eigenvalue weighted by Gasteiger charge is -2.23. The van der Waals surface area contributed by atoms with Gasteiger partial charge in [0.25, 0.3) is 0 Å². The van der Waals surface area contributed by atoms with Gasteiger partial charge < -0.3 is 4.98 Å². The minimum Gasteiger partial charge on any atom is -0.348 e. The van der Waals surface area contributed by atoms with Crippen molar-refractivity contribution in [2.45, 2.75) is 6.42 Å². The van der Waals surface area contributed by atoms with Gasteiger partial charge in [-0.05, 0) is 80.4 Å². The number of hydrogen-bond acceptors (Lipinski definition) is 2. The first-order chi connectivity index (χ1) is 22.8. The molecule has 216 valence electrons. The first-order valence-electron chi connectivity index (χ1n) is 15.6. The SMILES string of the molecule is c1ccc2c(c1)-c1ccccc1-c1ccc(-n3c4ccccc4n4c5cccc(Cc6ncc[nH]6)c5nc34)cc1-c1ccccc1-2. The molecule has 0 atom stereocenters. The van der Waals surface area contributed by atoms with Gasteiger partial charge in [0.05, 0.1) is 22.1 Å². The molecule has 0 bridgehead atoms. The van der Waals surface area contributed by atoms with Crippen molar-refractivity contribution in [3.63, 3.8) is 0 Å². The summed E-state index contributed by atoms with van der Waals surface area (Å²) >= 11 is 0. The summed E-state index contributed by atoms with van der Waals surface area (Å²) in [5.41, 5.74) is 16.5. The first-order valence-corrected chi connectivity index (χ1v) is 15.6. The lowest BCUT2D eigenvalue weighted by Crippen LogP contribution is -2.00. The van der Waals surface area contributed by atoms with Crippen LogP contribution in [0.5, 0.6) is 0 Å². The predicted octanol–water partition coefficient (Wildman–Crippen LogP) is 9.73. The van der Waals surface area contributed by atoms with E-state index in [0.717, 1.165) is 44.9 Å². The van der Waals surface area contributed by atoms with Crippen molar-refractivity contribution in [3.05, 3.63) is 157 Å². The van der Waals surface area contributed by atoms with E-state index >= 15 is 0 Å². The maximum atomic E-state index is 5.35. The van der Waals surface area contributed by atoms with Gasteiger partial charge in [0, 0.05) is 24.5 Å². The fourth-order valence-corrected chi connectivity index (χ4v) is 7.44. The summed E-state index contributed by atoms with van der Waals surface area (Å²) in [6, 6.07) is 48.3. The molecule has 5 heteroatoms. The van der Waals surface area contributed by atoms with E-state index in [4.69, 9.17) is 4.98 Å².